The normalized spacial score (nSPS) is 23.7. The molecular formula is C43H45ClN8O5. The number of piperazine rings is 1. The van der Waals surface area contributed by atoms with Gasteiger partial charge in [0.2, 0.25) is 17.5 Å². The fourth-order valence-corrected chi connectivity index (χ4v) is 10.0. The van der Waals surface area contributed by atoms with Gasteiger partial charge < -0.3 is 19.6 Å². The molecule has 3 aromatic rings. The molecule has 2 unspecified atom stereocenters. The summed E-state index contributed by atoms with van der Waals surface area (Å²) in [6.07, 6.45) is 4.28. The smallest absolute Gasteiger partial charge is 0.262 e. The van der Waals surface area contributed by atoms with Crippen LogP contribution in [-0.2, 0) is 9.59 Å². The van der Waals surface area contributed by atoms with Gasteiger partial charge in [-0.2, -0.15) is 0 Å². The van der Waals surface area contributed by atoms with Crippen LogP contribution in [-0.4, -0.2) is 122 Å². The molecule has 0 aliphatic carbocycles. The first-order valence-corrected chi connectivity index (χ1v) is 20.4. The van der Waals surface area contributed by atoms with Gasteiger partial charge in [0.15, 0.2) is 0 Å². The zero-order valence-electron chi connectivity index (χ0n) is 31.8. The lowest BCUT2D eigenvalue weighted by molar-refractivity contribution is -0.136. The molecule has 0 aromatic heterocycles. The van der Waals surface area contributed by atoms with Crippen molar-refractivity contribution in [1.29, 1.82) is 0 Å². The Morgan fingerprint density at radius 1 is 0.737 bits per heavy atom. The number of hydrogen-bond acceptors (Lipinski definition) is 9. The Morgan fingerprint density at radius 3 is 2.12 bits per heavy atom. The van der Waals surface area contributed by atoms with Gasteiger partial charge in [-0.1, -0.05) is 17.7 Å². The first kappa shape index (κ1) is 37.1. The molecule has 0 saturated carbocycles. The molecule has 6 aliphatic rings. The maximum atomic E-state index is 13.6. The van der Waals surface area contributed by atoms with Gasteiger partial charge in [0.05, 0.1) is 17.7 Å². The fourth-order valence-electron chi connectivity index (χ4n) is 9.81. The topological polar surface area (TPSA) is 121 Å². The number of anilines is 3. The lowest BCUT2D eigenvalue weighted by Gasteiger charge is -2.40. The standard InChI is InChI=1S/C43H45ClN8O5/c1-45-36-9-7-31(25-35(36)44)47-17-13-43(14-18-47)15-19-51(27-43)40(55)28-2-4-29(5-3-28)48-20-22-49(23-21-48)32-12-16-50(26-32)30-6-8-33-34(24-30)42(57)52(41(33)56)37-10-11-38(53)46-39(37)54/h2-9,24-25,32,37H,10-23,26-27H2,(H,46,53,54). The Bertz CT molecular complexity index is 2190. The Morgan fingerprint density at radius 2 is 1.40 bits per heavy atom. The number of rotatable bonds is 6. The summed E-state index contributed by atoms with van der Waals surface area (Å²) in [4.78, 5) is 80.3. The molecule has 5 amide bonds. The minimum atomic E-state index is -0.975. The van der Waals surface area contributed by atoms with E-state index in [0.717, 1.165) is 119 Å². The van der Waals surface area contributed by atoms with Crippen LogP contribution < -0.4 is 20.0 Å². The van der Waals surface area contributed by atoms with E-state index < -0.39 is 29.7 Å². The molecule has 0 radical (unpaired) electrons. The molecular weight excluding hydrogens is 744 g/mol. The van der Waals surface area contributed by atoms with Crippen molar-refractivity contribution >= 4 is 63.9 Å². The van der Waals surface area contributed by atoms with Crippen LogP contribution in [0.4, 0.5) is 22.7 Å². The van der Waals surface area contributed by atoms with E-state index in [9.17, 15) is 24.0 Å². The lowest BCUT2D eigenvalue weighted by Crippen LogP contribution is -2.54. The second-order valence-electron chi connectivity index (χ2n) is 16.3. The van der Waals surface area contributed by atoms with E-state index >= 15 is 0 Å². The van der Waals surface area contributed by atoms with E-state index in [0.29, 0.717) is 27.9 Å². The van der Waals surface area contributed by atoms with Gasteiger partial charge in [-0.25, -0.2) is 4.85 Å². The molecule has 6 aliphatic heterocycles. The summed E-state index contributed by atoms with van der Waals surface area (Å²) in [6, 6.07) is 18.5. The van der Waals surface area contributed by atoms with E-state index in [1.54, 1.807) is 18.2 Å². The number of likely N-dealkylation sites (tertiary alicyclic amines) is 1. The SMILES string of the molecule is [C-]#[N+]c1ccc(N2CCC3(CCN(C(=O)c4ccc(N5CCN(C6CCN(c7ccc8c(c7)C(=O)N(C7CCC(=O)NC7=O)C8=O)C6)CC5)cc4)C3)CC2)cc1Cl. The third kappa shape index (κ3) is 6.89. The highest BCUT2D eigenvalue weighted by Crippen LogP contribution is 2.43. The van der Waals surface area contributed by atoms with Crippen LogP contribution in [0.1, 0.15) is 69.6 Å². The van der Waals surface area contributed by atoms with Crippen molar-refractivity contribution < 1.29 is 24.0 Å². The predicted molar refractivity (Wildman–Crippen MR) is 216 cm³/mol. The number of fused-ring (bicyclic) bond motifs is 1. The monoisotopic (exact) mass is 788 g/mol. The van der Waals surface area contributed by atoms with Gasteiger partial charge in [-0.05, 0) is 92.1 Å². The van der Waals surface area contributed by atoms with E-state index in [2.05, 4.69) is 41.9 Å². The fraction of sp³-hybridized carbons (Fsp3) is 0.442. The third-order valence-corrected chi connectivity index (χ3v) is 13.5. The molecule has 1 spiro atoms. The van der Waals surface area contributed by atoms with Crippen molar-refractivity contribution in [3.8, 4) is 0 Å². The third-order valence-electron chi connectivity index (χ3n) is 13.2. The summed E-state index contributed by atoms with van der Waals surface area (Å²) in [7, 11) is 0. The number of hydrogen-bond donors (Lipinski definition) is 1. The highest BCUT2D eigenvalue weighted by Gasteiger charge is 2.45. The molecule has 9 rings (SSSR count). The van der Waals surface area contributed by atoms with Gasteiger partial charge in [0, 0.05) is 106 Å². The van der Waals surface area contributed by atoms with Gasteiger partial charge in [0.1, 0.15) is 6.04 Å². The highest BCUT2D eigenvalue weighted by atomic mass is 35.5. The summed E-state index contributed by atoms with van der Waals surface area (Å²) in [5.41, 5.74) is 5.01. The second-order valence-corrected chi connectivity index (χ2v) is 16.8. The second kappa shape index (κ2) is 14.8. The summed E-state index contributed by atoms with van der Waals surface area (Å²) < 4.78 is 0. The molecule has 2 atom stereocenters. The Labute approximate surface area is 336 Å². The number of nitrogens with one attached hydrogen (secondary N) is 1. The number of nitrogens with zero attached hydrogens (tertiary/aromatic N) is 7. The minimum Gasteiger partial charge on any atom is -0.372 e. The van der Waals surface area contributed by atoms with Crippen molar-refractivity contribution in [1.82, 2.24) is 20.0 Å². The highest BCUT2D eigenvalue weighted by molar-refractivity contribution is 6.33. The first-order valence-electron chi connectivity index (χ1n) is 20.0. The molecule has 3 aromatic carbocycles. The van der Waals surface area contributed by atoms with Crippen LogP contribution in [0.3, 0.4) is 0 Å². The lowest BCUT2D eigenvalue weighted by atomic mass is 9.77. The molecule has 5 saturated heterocycles. The van der Waals surface area contributed by atoms with Crippen LogP contribution in [0.2, 0.25) is 5.02 Å². The largest absolute Gasteiger partial charge is 0.372 e. The summed E-state index contributed by atoms with van der Waals surface area (Å²) in [5, 5.41) is 2.74. The summed E-state index contributed by atoms with van der Waals surface area (Å²) >= 11 is 6.31. The average Bonchev–Trinajstić information content (AvgIpc) is 3.95. The zero-order chi connectivity index (χ0) is 39.4. The number of imide groups is 2. The van der Waals surface area contributed by atoms with E-state index in [1.807, 2.05) is 35.2 Å². The molecule has 14 heteroatoms. The first-order chi connectivity index (χ1) is 27.6. The van der Waals surface area contributed by atoms with Crippen molar-refractivity contribution in [2.45, 2.75) is 50.6 Å². The van der Waals surface area contributed by atoms with E-state index in [4.69, 9.17) is 18.2 Å². The van der Waals surface area contributed by atoms with Gasteiger partial charge >= 0.3 is 0 Å². The van der Waals surface area contributed by atoms with Crippen molar-refractivity contribution in [3.05, 3.63) is 93.8 Å². The van der Waals surface area contributed by atoms with E-state index in [1.165, 1.54) is 0 Å². The number of piperidine rings is 2. The van der Waals surface area contributed by atoms with Crippen LogP contribution in [0, 0.1) is 12.0 Å². The number of benzene rings is 3. The molecule has 0 bridgehead atoms. The van der Waals surface area contributed by atoms with Crippen molar-refractivity contribution in [3.63, 3.8) is 0 Å². The summed E-state index contributed by atoms with van der Waals surface area (Å²) in [6.45, 7) is 15.9. The molecule has 5 fully saturated rings. The molecule has 6 heterocycles. The van der Waals surface area contributed by atoms with Crippen molar-refractivity contribution in [2.24, 2.45) is 5.41 Å². The Kier molecular flexibility index (Phi) is 9.65. The predicted octanol–water partition coefficient (Wildman–Crippen LogP) is 4.83. The van der Waals surface area contributed by atoms with Gasteiger partial charge in [0.25, 0.3) is 17.7 Å². The maximum absolute atomic E-state index is 13.6. The van der Waals surface area contributed by atoms with Crippen LogP contribution in [0.25, 0.3) is 4.85 Å². The minimum absolute atomic E-state index is 0.0912. The number of amides is 5. The molecule has 57 heavy (non-hydrogen) atoms. The maximum Gasteiger partial charge on any atom is 0.262 e. The van der Waals surface area contributed by atoms with Gasteiger partial charge in [-0.3, -0.25) is 39.1 Å². The molecule has 13 nitrogen and oxygen atoms in total. The molecule has 294 valence electrons. The zero-order valence-corrected chi connectivity index (χ0v) is 32.5. The van der Waals surface area contributed by atoms with Gasteiger partial charge in [-0.15, -0.1) is 0 Å². The van der Waals surface area contributed by atoms with Crippen LogP contribution >= 0.6 is 11.6 Å². The van der Waals surface area contributed by atoms with E-state index in [-0.39, 0.29) is 24.2 Å². The Hall–Kier alpha value is -5.45. The van der Waals surface area contributed by atoms with Crippen LogP contribution in [0.5, 0.6) is 0 Å². The van der Waals surface area contributed by atoms with Crippen LogP contribution in [0.15, 0.2) is 60.7 Å². The quantitative estimate of drug-likeness (QED) is 0.277. The number of carbonyl (C=O) groups excluding carboxylic acids is 5. The average molecular weight is 789 g/mol. The number of carbonyl (C=O) groups is 5. The molecule has 1 N–H and O–H groups in total. The van der Waals surface area contributed by atoms with Crippen molar-refractivity contribution in [2.75, 3.05) is 80.1 Å². The number of halogens is 1. The summed E-state index contributed by atoms with van der Waals surface area (Å²) in [5.74, 6) is -1.87. The Balaban J connectivity index is 0.752.